The van der Waals surface area contributed by atoms with Crippen LogP contribution in [0.25, 0.3) is 0 Å². The molecule has 0 aliphatic rings. The minimum atomic E-state index is -5.12. The molecule has 0 aliphatic heterocycles. The van der Waals surface area contributed by atoms with Crippen LogP contribution >= 0.6 is 0 Å². The van der Waals surface area contributed by atoms with E-state index in [9.17, 15) is 25.5 Å². The summed E-state index contributed by atoms with van der Waals surface area (Å²) in [5.74, 6) is 0. The molecule has 84 valence electrons. The molecule has 0 aliphatic carbocycles. The van der Waals surface area contributed by atoms with Crippen LogP contribution in [0.1, 0.15) is 11.1 Å². The van der Waals surface area contributed by atoms with Crippen molar-refractivity contribution in [1.82, 2.24) is 0 Å². The number of alkyl halides is 3. The Morgan fingerprint density at radius 3 is 2.13 bits per heavy atom. The molecule has 7 heteroatoms. The van der Waals surface area contributed by atoms with Crippen LogP contribution in [0, 0.1) is 6.92 Å². The van der Waals surface area contributed by atoms with Crippen LogP contribution in [0.4, 0.5) is 17.1 Å². The molecule has 0 saturated carbocycles. The van der Waals surface area contributed by atoms with Crippen molar-refractivity contribution in [3.8, 4) is 0 Å². The van der Waals surface area contributed by atoms with E-state index in [0.717, 1.165) is 19.1 Å². The summed E-state index contributed by atoms with van der Waals surface area (Å²) in [6.45, 7) is 0.912. The van der Waals surface area contributed by atoms with Gasteiger partial charge in [-0.05, 0) is 24.6 Å². The van der Waals surface area contributed by atoms with Gasteiger partial charge in [0.2, 0.25) is 0 Å². The third-order valence-corrected chi connectivity index (χ3v) is 2.82. The highest BCUT2D eigenvalue weighted by molar-refractivity contribution is 7.86. The van der Waals surface area contributed by atoms with Crippen molar-refractivity contribution in [2.75, 3.05) is 0 Å². The van der Waals surface area contributed by atoms with Gasteiger partial charge in [0, 0.05) is 0 Å². The highest BCUT2D eigenvalue weighted by Gasteiger charge is 2.34. The number of halogens is 4. The Kier molecular flexibility index (Phi) is 2.77. The van der Waals surface area contributed by atoms with Crippen LogP contribution in [0.15, 0.2) is 23.1 Å². The first kappa shape index (κ1) is 12.0. The zero-order chi connectivity index (χ0) is 11.9. The van der Waals surface area contributed by atoms with E-state index in [1.54, 1.807) is 0 Å². The first-order valence-electron chi connectivity index (χ1n) is 3.75. The van der Waals surface area contributed by atoms with Crippen molar-refractivity contribution < 1.29 is 25.5 Å². The Morgan fingerprint density at radius 1 is 1.20 bits per heavy atom. The van der Waals surface area contributed by atoms with Crippen LogP contribution in [0.2, 0.25) is 0 Å². The van der Waals surface area contributed by atoms with Crippen molar-refractivity contribution in [1.29, 1.82) is 0 Å². The Morgan fingerprint density at radius 2 is 1.73 bits per heavy atom. The molecule has 0 aromatic heterocycles. The van der Waals surface area contributed by atoms with Gasteiger partial charge in [-0.3, -0.25) is 0 Å². The van der Waals surface area contributed by atoms with Crippen LogP contribution < -0.4 is 0 Å². The summed E-state index contributed by atoms with van der Waals surface area (Å²) in [6.07, 6.45) is -4.69. The fraction of sp³-hybridized carbons (Fsp3) is 0.250. The molecule has 2 nitrogen and oxygen atoms in total. The summed E-state index contributed by atoms with van der Waals surface area (Å²) in [5.41, 5.74) is -1.78. The van der Waals surface area contributed by atoms with Gasteiger partial charge in [0.15, 0.2) is 0 Å². The lowest BCUT2D eigenvalue weighted by atomic mass is 10.1. The maximum absolute atomic E-state index is 12.6. The molecule has 1 rings (SSSR count). The van der Waals surface area contributed by atoms with Gasteiger partial charge in [0.1, 0.15) is 4.90 Å². The molecular formula is C8H6F4O2S. The largest absolute Gasteiger partial charge is 0.416 e. The van der Waals surface area contributed by atoms with Gasteiger partial charge in [0.25, 0.3) is 0 Å². The number of hydrogen-bond acceptors (Lipinski definition) is 2. The van der Waals surface area contributed by atoms with E-state index in [1.165, 1.54) is 0 Å². The van der Waals surface area contributed by atoms with Gasteiger partial charge in [-0.1, -0.05) is 6.07 Å². The van der Waals surface area contributed by atoms with E-state index in [0.29, 0.717) is 6.07 Å². The summed E-state index contributed by atoms with van der Waals surface area (Å²) in [7, 11) is -5.12. The highest BCUT2D eigenvalue weighted by Crippen LogP contribution is 2.34. The van der Waals surface area contributed by atoms with Crippen molar-refractivity contribution in [2.24, 2.45) is 0 Å². The zero-order valence-corrected chi connectivity index (χ0v) is 8.29. The maximum atomic E-state index is 12.6. The van der Waals surface area contributed by atoms with Gasteiger partial charge in [-0.25, -0.2) is 0 Å². The fourth-order valence-corrected chi connectivity index (χ4v) is 1.90. The molecule has 0 N–H and O–H groups in total. The smallest absolute Gasteiger partial charge is 0.189 e. The third kappa shape index (κ3) is 2.47. The summed E-state index contributed by atoms with van der Waals surface area (Å²) in [5, 5.41) is 0. The predicted octanol–water partition coefficient (Wildman–Crippen LogP) is 2.67. The molecule has 0 unspecified atom stereocenters. The second-order valence-electron chi connectivity index (χ2n) is 2.86. The molecule has 1 aromatic rings. The van der Waals surface area contributed by atoms with Crippen molar-refractivity contribution >= 4 is 10.2 Å². The van der Waals surface area contributed by atoms with Gasteiger partial charge in [0.05, 0.1) is 5.56 Å². The van der Waals surface area contributed by atoms with Gasteiger partial charge >= 0.3 is 16.4 Å². The van der Waals surface area contributed by atoms with Crippen molar-refractivity contribution in [3.05, 3.63) is 29.3 Å². The van der Waals surface area contributed by atoms with Crippen LogP contribution in [0.5, 0.6) is 0 Å². The second-order valence-corrected chi connectivity index (χ2v) is 4.18. The molecule has 0 heterocycles. The SMILES string of the molecule is Cc1c(C(F)(F)F)cccc1S(=O)(=O)F. The Hall–Kier alpha value is -1.11. The van der Waals surface area contributed by atoms with Crippen molar-refractivity contribution in [3.63, 3.8) is 0 Å². The zero-order valence-electron chi connectivity index (χ0n) is 7.47. The molecule has 1 aromatic carbocycles. The lowest BCUT2D eigenvalue weighted by molar-refractivity contribution is -0.138. The van der Waals surface area contributed by atoms with E-state index in [2.05, 4.69) is 0 Å². The molecule has 0 amide bonds. The second kappa shape index (κ2) is 3.48. The molecular weight excluding hydrogens is 236 g/mol. The Labute approximate surface area is 83.7 Å². The van der Waals surface area contributed by atoms with E-state index < -0.39 is 32.4 Å². The lowest BCUT2D eigenvalue weighted by Gasteiger charge is -2.11. The number of benzene rings is 1. The topological polar surface area (TPSA) is 34.1 Å². The van der Waals surface area contributed by atoms with Crippen LogP contribution in [-0.2, 0) is 16.4 Å². The number of hydrogen-bond donors (Lipinski definition) is 0. The molecule has 15 heavy (non-hydrogen) atoms. The summed E-state index contributed by atoms with van der Waals surface area (Å²) >= 11 is 0. The molecule has 0 atom stereocenters. The van der Waals surface area contributed by atoms with E-state index >= 15 is 0 Å². The molecule has 0 fully saturated rings. The van der Waals surface area contributed by atoms with Gasteiger partial charge < -0.3 is 0 Å². The first-order valence-corrected chi connectivity index (χ1v) is 5.14. The molecule has 0 bridgehead atoms. The van der Waals surface area contributed by atoms with Gasteiger partial charge in [-0.15, -0.1) is 3.89 Å². The Balaban J connectivity index is 3.51. The van der Waals surface area contributed by atoms with Crippen molar-refractivity contribution in [2.45, 2.75) is 18.0 Å². The monoisotopic (exact) mass is 242 g/mol. The van der Waals surface area contributed by atoms with E-state index in [1.807, 2.05) is 0 Å². The maximum Gasteiger partial charge on any atom is 0.416 e. The average molecular weight is 242 g/mol. The molecule has 0 radical (unpaired) electrons. The fourth-order valence-electron chi connectivity index (χ4n) is 1.19. The lowest BCUT2D eigenvalue weighted by Crippen LogP contribution is -2.10. The molecule has 0 saturated heterocycles. The third-order valence-electron chi connectivity index (χ3n) is 1.85. The standard InChI is InChI=1S/C8H6F4O2S/c1-5-6(8(9,10)11)3-2-4-7(5)15(12,13)14/h2-4H,1H3. The predicted molar refractivity (Wildman–Crippen MR) is 44.5 cm³/mol. The average Bonchev–Trinajstić information content (AvgIpc) is 1.99. The van der Waals surface area contributed by atoms with E-state index in [4.69, 9.17) is 0 Å². The quantitative estimate of drug-likeness (QED) is 0.560. The summed E-state index contributed by atoms with van der Waals surface area (Å²) < 4.78 is 70.5. The minimum Gasteiger partial charge on any atom is -0.189 e. The summed E-state index contributed by atoms with van der Waals surface area (Å²) in [6, 6.07) is 2.34. The normalized spacial score (nSPS) is 12.9. The number of rotatable bonds is 1. The van der Waals surface area contributed by atoms with E-state index in [-0.39, 0.29) is 0 Å². The van der Waals surface area contributed by atoms with Crippen LogP contribution in [0.3, 0.4) is 0 Å². The molecule has 0 spiro atoms. The van der Waals surface area contributed by atoms with Crippen LogP contribution in [-0.4, -0.2) is 8.42 Å². The Bertz CT molecular complexity index is 476. The minimum absolute atomic E-state index is 0.632. The highest BCUT2D eigenvalue weighted by atomic mass is 32.3. The first-order chi connectivity index (χ1) is 6.64. The summed E-state index contributed by atoms with van der Waals surface area (Å²) in [4.78, 5) is -0.947. The van der Waals surface area contributed by atoms with Gasteiger partial charge in [-0.2, -0.15) is 21.6 Å².